The average Bonchev–Trinajstić information content (AvgIpc) is 2.92. The SMILES string of the molecule is CC(=O)N1CCC[C@H](C(=O)Nc2ccc(N3CCCCCC3)cc2)C1. The third kappa shape index (κ3) is 4.74. The molecule has 2 aliphatic heterocycles. The zero-order valence-corrected chi connectivity index (χ0v) is 15.2. The minimum Gasteiger partial charge on any atom is -0.372 e. The van der Waals surface area contributed by atoms with Crippen LogP contribution in [0.25, 0.3) is 0 Å². The van der Waals surface area contributed by atoms with E-state index in [0.717, 1.165) is 38.2 Å². The predicted octanol–water partition coefficient (Wildman–Crippen LogP) is 3.26. The van der Waals surface area contributed by atoms with Crippen LogP contribution in [-0.4, -0.2) is 42.9 Å². The predicted molar refractivity (Wildman–Crippen MR) is 101 cm³/mol. The van der Waals surface area contributed by atoms with Crippen molar-refractivity contribution in [2.45, 2.75) is 45.4 Å². The Morgan fingerprint density at radius 1 is 0.960 bits per heavy atom. The van der Waals surface area contributed by atoms with Crippen molar-refractivity contribution in [2.24, 2.45) is 5.92 Å². The molecule has 2 aliphatic rings. The number of amides is 2. The molecule has 0 saturated carbocycles. The van der Waals surface area contributed by atoms with E-state index in [1.807, 2.05) is 12.1 Å². The summed E-state index contributed by atoms with van der Waals surface area (Å²) in [6.45, 7) is 5.11. The van der Waals surface area contributed by atoms with Gasteiger partial charge in [-0.25, -0.2) is 0 Å². The van der Waals surface area contributed by atoms with Crippen LogP contribution >= 0.6 is 0 Å². The molecule has 2 fully saturated rings. The molecule has 0 radical (unpaired) electrons. The van der Waals surface area contributed by atoms with Gasteiger partial charge in [0.25, 0.3) is 0 Å². The minimum atomic E-state index is -0.108. The van der Waals surface area contributed by atoms with E-state index in [0.29, 0.717) is 6.54 Å². The number of nitrogens with one attached hydrogen (secondary N) is 1. The molecule has 0 unspecified atom stereocenters. The van der Waals surface area contributed by atoms with Gasteiger partial charge in [0.15, 0.2) is 0 Å². The Balaban J connectivity index is 1.57. The lowest BCUT2D eigenvalue weighted by molar-refractivity contribution is -0.132. The Morgan fingerprint density at radius 3 is 2.28 bits per heavy atom. The zero-order valence-electron chi connectivity index (χ0n) is 15.2. The number of anilines is 2. The maximum absolute atomic E-state index is 12.5. The van der Waals surface area contributed by atoms with E-state index in [2.05, 4.69) is 22.3 Å². The summed E-state index contributed by atoms with van der Waals surface area (Å²) in [5.41, 5.74) is 2.07. The normalized spacial score (nSPS) is 21.6. The van der Waals surface area contributed by atoms with Crippen LogP contribution in [0, 0.1) is 5.92 Å². The van der Waals surface area contributed by atoms with Crippen LogP contribution in [0.1, 0.15) is 45.4 Å². The van der Waals surface area contributed by atoms with Gasteiger partial charge in [-0.1, -0.05) is 12.8 Å². The highest BCUT2D eigenvalue weighted by Crippen LogP contribution is 2.23. The largest absolute Gasteiger partial charge is 0.372 e. The number of piperidine rings is 1. The fraction of sp³-hybridized carbons (Fsp3) is 0.600. The van der Waals surface area contributed by atoms with Crippen LogP contribution < -0.4 is 10.2 Å². The summed E-state index contributed by atoms with van der Waals surface area (Å²) in [5, 5.41) is 3.02. The van der Waals surface area contributed by atoms with Crippen LogP contribution in [0.3, 0.4) is 0 Å². The van der Waals surface area contributed by atoms with Gasteiger partial charge in [-0.05, 0) is 49.9 Å². The molecular formula is C20H29N3O2. The van der Waals surface area contributed by atoms with Crippen molar-refractivity contribution < 1.29 is 9.59 Å². The van der Waals surface area contributed by atoms with Gasteiger partial charge in [-0.15, -0.1) is 0 Å². The fourth-order valence-electron chi connectivity index (χ4n) is 3.81. The second-order valence-corrected chi connectivity index (χ2v) is 7.24. The summed E-state index contributed by atoms with van der Waals surface area (Å²) in [5.74, 6) is -0.0318. The Hall–Kier alpha value is -2.04. The number of nitrogens with zero attached hydrogens (tertiary/aromatic N) is 2. The molecule has 25 heavy (non-hydrogen) atoms. The van der Waals surface area contributed by atoms with Crippen molar-refractivity contribution in [1.29, 1.82) is 0 Å². The van der Waals surface area contributed by atoms with E-state index in [1.165, 1.54) is 31.4 Å². The quantitative estimate of drug-likeness (QED) is 0.916. The number of hydrogen-bond donors (Lipinski definition) is 1. The lowest BCUT2D eigenvalue weighted by Gasteiger charge is -2.31. The molecule has 1 atom stereocenters. The molecule has 2 heterocycles. The molecule has 1 N–H and O–H groups in total. The Morgan fingerprint density at radius 2 is 1.64 bits per heavy atom. The van der Waals surface area contributed by atoms with Gasteiger partial charge in [-0.2, -0.15) is 0 Å². The summed E-state index contributed by atoms with van der Waals surface area (Å²) in [7, 11) is 0. The molecule has 5 nitrogen and oxygen atoms in total. The average molecular weight is 343 g/mol. The Labute approximate surface area is 150 Å². The van der Waals surface area contributed by atoms with E-state index in [9.17, 15) is 9.59 Å². The van der Waals surface area contributed by atoms with Gasteiger partial charge in [0.1, 0.15) is 0 Å². The highest BCUT2D eigenvalue weighted by atomic mass is 16.2. The molecule has 0 aromatic heterocycles. The first-order valence-corrected chi connectivity index (χ1v) is 9.55. The molecule has 5 heteroatoms. The molecule has 136 valence electrons. The fourth-order valence-corrected chi connectivity index (χ4v) is 3.81. The minimum absolute atomic E-state index is 0.0217. The first-order valence-electron chi connectivity index (χ1n) is 9.55. The number of likely N-dealkylation sites (tertiary alicyclic amines) is 1. The maximum atomic E-state index is 12.5. The van der Waals surface area contributed by atoms with E-state index in [4.69, 9.17) is 0 Å². The molecule has 1 aromatic carbocycles. The van der Waals surface area contributed by atoms with Gasteiger partial charge in [0, 0.05) is 44.5 Å². The monoisotopic (exact) mass is 343 g/mol. The molecule has 3 rings (SSSR count). The molecule has 0 spiro atoms. The van der Waals surface area contributed by atoms with E-state index >= 15 is 0 Å². The number of benzene rings is 1. The van der Waals surface area contributed by atoms with Crippen LogP contribution in [0.15, 0.2) is 24.3 Å². The van der Waals surface area contributed by atoms with E-state index in [1.54, 1.807) is 11.8 Å². The first-order chi connectivity index (χ1) is 12.1. The lowest BCUT2D eigenvalue weighted by atomic mass is 9.97. The van der Waals surface area contributed by atoms with Gasteiger partial charge in [0.2, 0.25) is 11.8 Å². The molecule has 1 aromatic rings. The van der Waals surface area contributed by atoms with Crippen molar-refractivity contribution >= 4 is 23.2 Å². The Bertz CT molecular complexity index is 591. The highest BCUT2D eigenvalue weighted by molar-refractivity contribution is 5.93. The van der Waals surface area contributed by atoms with Crippen LogP contribution in [0.4, 0.5) is 11.4 Å². The summed E-state index contributed by atoms with van der Waals surface area (Å²) < 4.78 is 0. The van der Waals surface area contributed by atoms with Crippen LogP contribution in [-0.2, 0) is 9.59 Å². The van der Waals surface area contributed by atoms with E-state index in [-0.39, 0.29) is 17.7 Å². The summed E-state index contributed by atoms with van der Waals surface area (Å²) in [6, 6.07) is 8.18. The number of carbonyl (C=O) groups is 2. The molecular weight excluding hydrogens is 314 g/mol. The van der Waals surface area contributed by atoms with Crippen molar-refractivity contribution in [1.82, 2.24) is 4.90 Å². The third-order valence-corrected chi connectivity index (χ3v) is 5.34. The lowest BCUT2D eigenvalue weighted by Crippen LogP contribution is -2.42. The summed E-state index contributed by atoms with van der Waals surface area (Å²) in [4.78, 5) is 28.2. The second-order valence-electron chi connectivity index (χ2n) is 7.24. The third-order valence-electron chi connectivity index (χ3n) is 5.34. The van der Waals surface area contributed by atoms with Gasteiger partial charge in [-0.3, -0.25) is 9.59 Å². The van der Waals surface area contributed by atoms with Gasteiger partial charge in [0.05, 0.1) is 5.92 Å². The molecule has 0 bridgehead atoms. The molecule has 2 saturated heterocycles. The second kappa shape index (κ2) is 8.37. The topological polar surface area (TPSA) is 52.7 Å². The standard InChI is InChI=1S/C20H29N3O2/c1-16(24)23-14-6-7-17(15-23)20(25)21-18-8-10-19(11-9-18)22-12-4-2-3-5-13-22/h8-11,17H,2-7,12-15H2,1H3,(H,21,25)/t17-/m0/s1. The molecule has 0 aliphatic carbocycles. The number of rotatable bonds is 3. The first kappa shape index (κ1) is 17.8. The highest BCUT2D eigenvalue weighted by Gasteiger charge is 2.27. The number of carbonyl (C=O) groups excluding carboxylic acids is 2. The zero-order chi connectivity index (χ0) is 17.6. The molecule has 2 amide bonds. The van der Waals surface area contributed by atoms with Crippen molar-refractivity contribution in [3.05, 3.63) is 24.3 Å². The van der Waals surface area contributed by atoms with Gasteiger partial charge >= 0.3 is 0 Å². The summed E-state index contributed by atoms with van der Waals surface area (Å²) >= 11 is 0. The van der Waals surface area contributed by atoms with Crippen molar-refractivity contribution in [3.63, 3.8) is 0 Å². The van der Waals surface area contributed by atoms with Crippen LogP contribution in [0.2, 0.25) is 0 Å². The van der Waals surface area contributed by atoms with E-state index < -0.39 is 0 Å². The van der Waals surface area contributed by atoms with Crippen molar-refractivity contribution in [2.75, 3.05) is 36.4 Å². The Kier molecular flexibility index (Phi) is 5.95. The maximum Gasteiger partial charge on any atom is 0.229 e. The smallest absolute Gasteiger partial charge is 0.229 e. The number of hydrogen-bond acceptors (Lipinski definition) is 3. The summed E-state index contributed by atoms with van der Waals surface area (Å²) in [6.07, 6.45) is 6.90. The van der Waals surface area contributed by atoms with Gasteiger partial charge < -0.3 is 15.1 Å². The van der Waals surface area contributed by atoms with Crippen molar-refractivity contribution in [3.8, 4) is 0 Å². The van der Waals surface area contributed by atoms with Crippen LogP contribution in [0.5, 0.6) is 0 Å².